The van der Waals surface area contributed by atoms with Crippen molar-refractivity contribution in [1.82, 2.24) is 14.0 Å². The van der Waals surface area contributed by atoms with Crippen molar-refractivity contribution in [2.45, 2.75) is 70.4 Å². The van der Waals surface area contributed by atoms with Crippen LogP contribution in [0.5, 0.6) is 0 Å². The number of rotatable bonds is 5. The van der Waals surface area contributed by atoms with Crippen LogP contribution < -0.4 is 0 Å². The van der Waals surface area contributed by atoms with Crippen molar-refractivity contribution in [2.75, 3.05) is 19.6 Å². The van der Waals surface area contributed by atoms with E-state index >= 15 is 0 Å². The zero-order valence-electron chi connectivity index (χ0n) is 21.0. The number of carboxylic acid groups (broad SMARTS) is 1. The van der Waals surface area contributed by atoms with Crippen molar-refractivity contribution in [1.29, 1.82) is 0 Å². The molecule has 0 atom stereocenters. The maximum atomic E-state index is 11.9. The average molecular weight is 482 g/mol. The number of benzene rings is 2. The van der Waals surface area contributed by atoms with Crippen LogP contribution in [0.25, 0.3) is 33.1 Å². The molecule has 0 amide bonds. The summed E-state index contributed by atoms with van der Waals surface area (Å²) < 4.78 is 4.99. The van der Waals surface area contributed by atoms with Gasteiger partial charge in [-0.2, -0.15) is 0 Å². The molecular formula is C31H35N3O2. The van der Waals surface area contributed by atoms with Crippen molar-refractivity contribution in [2.24, 2.45) is 0 Å². The molecule has 0 spiro atoms. The summed E-state index contributed by atoms with van der Waals surface area (Å²) >= 11 is 0. The molecule has 2 aliphatic heterocycles. The number of fused-ring (bicyclic) bond motifs is 4. The Morgan fingerprint density at radius 1 is 0.917 bits per heavy atom. The Hall–Kier alpha value is -3.05. The second kappa shape index (κ2) is 8.81. The number of nitrogens with zero attached hydrogens (tertiary/aromatic N) is 3. The standard InChI is InChI=1S/C31H35N3O2/c35-31(36)22-11-12-25-27(19-22)34-17-6-16-33-20-23(13-18-32-14-5-15-32)24-9-4-10-26(29(24)33)30(34)28(25)21-7-2-1-3-8-21/h4,9-12,19-21H,1-3,5-8,13-18H2,(H,35,36). The fourth-order valence-electron chi connectivity index (χ4n) is 7.12. The van der Waals surface area contributed by atoms with Gasteiger partial charge in [-0.05, 0) is 74.4 Å². The number of aryl methyl sites for hydroxylation is 2. The molecule has 7 rings (SSSR count). The SMILES string of the molecule is O=C(O)c1ccc2c(C3CCCCC3)c3n(c2c1)CCCn1cc(CCN2CCC2)c2cccc-3c21. The van der Waals surface area contributed by atoms with Crippen molar-refractivity contribution < 1.29 is 9.90 Å². The lowest BCUT2D eigenvalue weighted by Gasteiger charge is -2.30. The maximum Gasteiger partial charge on any atom is 0.335 e. The van der Waals surface area contributed by atoms with E-state index < -0.39 is 5.97 Å². The average Bonchev–Trinajstić information content (AvgIpc) is 3.37. The molecule has 1 saturated heterocycles. The summed E-state index contributed by atoms with van der Waals surface area (Å²) in [6, 6.07) is 12.7. The molecule has 2 aromatic heterocycles. The minimum absolute atomic E-state index is 0.384. The van der Waals surface area contributed by atoms with E-state index in [4.69, 9.17) is 0 Å². The lowest BCUT2D eigenvalue weighted by atomic mass is 9.81. The highest BCUT2D eigenvalue weighted by Crippen LogP contribution is 2.47. The van der Waals surface area contributed by atoms with E-state index in [2.05, 4.69) is 44.5 Å². The van der Waals surface area contributed by atoms with Crippen LogP contribution in [0, 0.1) is 0 Å². The van der Waals surface area contributed by atoms with Crippen LogP contribution in [0.2, 0.25) is 0 Å². The van der Waals surface area contributed by atoms with E-state index in [0.717, 1.165) is 38.0 Å². The molecule has 2 aromatic carbocycles. The molecule has 4 aromatic rings. The lowest BCUT2D eigenvalue weighted by Crippen LogP contribution is -2.38. The van der Waals surface area contributed by atoms with Gasteiger partial charge in [0.2, 0.25) is 0 Å². The summed E-state index contributed by atoms with van der Waals surface area (Å²) in [4.78, 5) is 14.4. The van der Waals surface area contributed by atoms with E-state index in [0.29, 0.717) is 11.5 Å². The van der Waals surface area contributed by atoms with E-state index in [1.54, 1.807) is 0 Å². The Morgan fingerprint density at radius 2 is 1.75 bits per heavy atom. The number of carboxylic acids is 1. The number of carbonyl (C=O) groups is 1. The first-order valence-corrected chi connectivity index (χ1v) is 13.9. The van der Waals surface area contributed by atoms with Crippen molar-refractivity contribution in [3.05, 3.63) is 59.3 Å². The smallest absolute Gasteiger partial charge is 0.335 e. The summed E-state index contributed by atoms with van der Waals surface area (Å²) in [5, 5.41) is 12.4. The third-order valence-corrected chi connectivity index (χ3v) is 9.03. The van der Waals surface area contributed by atoms with Crippen LogP contribution in [0.4, 0.5) is 0 Å². The number of aromatic carboxylic acids is 1. The molecular weight excluding hydrogens is 446 g/mol. The third-order valence-electron chi connectivity index (χ3n) is 9.03. The molecule has 0 unspecified atom stereocenters. The van der Waals surface area contributed by atoms with Gasteiger partial charge in [-0.3, -0.25) is 0 Å². The van der Waals surface area contributed by atoms with Gasteiger partial charge in [-0.25, -0.2) is 4.79 Å². The minimum Gasteiger partial charge on any atom is -0.478 e. The van der Waals surface area contributed by atoms with Gasteiger partial charge in [-0.1, -0.05) is 43.5 Å². The number of aromatic nitrogens is 2. The van der Waals surface area contributed by atoms with Crippen LogP contribution in [0.1, 0.15) is 72.3 Å². The Balaban J connectivity index is 1.47. The Bertz CT molecular complexity index is 1470. The predicted octanol–water partition coefficient (Wildman–Crippen LogP) is 6.66. The number of hydrogen-bond donors (Lipinski definition) is 1. The highest BCUT2D eigenvalue weighted by molar-refractivity contribution is 6.03. The number of hydrogen-bond acceptors (Lipinski definition) is 2. The number of likely N-dealkylation sites (tertiary alicyclic amines) is 1. The first kappa shape index (κ1) is 22.2. The minimum atomic E-state index is -0.847. The summed E-state index contributed by atoms with van der Waals surface area (Å²) in [6.07, 6.45) is 12.3. The van der Waals surface area contributed by atoms with E-state index in [1.165, 1.54) is 90.3 Å². The van der Waals surface area contributed by atoms with Crippen molar-refractivity contribution >= 4 is 27.8 Å². The molecule has 3 aliphatic rings. The molecule has 5 heteroatoms. The highest BCUT2D eigenvalue weighted by Gasteiger charge is 2.29. The topological polar surface area (TPSA) is 50.4 Å². The Morgan fingerprint density at radius 3 is 2.53 bits per heavy atom. The first-order chi connectivity index (χ1) is 17.7. The van der Waals surface area contributed by atoms with Crippen LogP contribution in [0.15, 0.2) is 42.6 Å². The quantitative estimate of drug-likeness (QED) is 0.347. The monoisotopic (exact) mass is 481 g/mol. The van der Waals surface area contributed by atoms with Crippen LogP contribution >= 0.6 is 0 Å². The van der Waals surface area contributed by atoms with Gasteiger partial charge in [0.1, 0.15) is 0 Å². The zero-order chi connectivity index (χ0) is 24.2. The van der Waals surface area contributed by atoms with Crippen molar-refractivity contribution in [3.63, 3.8) is 0 Å². The molecule has 0 radical (unpaired) electrons. The molecule has 1 N–H and O–H groups in total. The summed E-state index contributed by atoms with van der Waals surface area (Å²) in [7, 11) is 0. The fourth-order valence-corrected chi connectivity index (χ4v) is 7.12. The van der Waals surface area contributed by atoms with E-state index in [-0.39, 0.29) is 0 Å². The van der Waals surface area contributed by atoms with Crippen LogP contribution in [-0.4, -0.2) is 44.7 Å². The molecule has 4 heterocycles. The molecule has 186 valence electrons. The molecule has 36 heavy (non-hydrogen) atoms. The third kappa shape index (κ3) is 3.51. The first-order valence-electron chi connectivity index (χ1n) is 13.9. The summed E-state index contributed by atoms with van der Waals surface area (Å²) in [6.45, 7) is 5.54. The van der Waals surface area contributed by atoms with E-state index in [1.807, 2.05) is 12.1 Å². The van der Waals surface area contributed by atoms with Gasteiger partial charge < -0.3 is 19.1 Å². The normalized spacial score (nSPS) is 18.7. The van der Waals surface area contributed by atoms with Gasteiger partial charge in [0.05, 0.1) is 16.8 Å². The molecule has 1 saturated carbocycles. The second-order valence-corrected chi connectivity index (χ2v) is 11.1. The van der Waals surface area contributed by atoms with Gasteiger partial charge in [0.15, 0.2) is 0 Å². The fraction of sp³-hybridized carbons (Fsp3) is 0.452. The van der Waals surface area contributed by atoms with Crippen LogP contribution in [-0.2, 0) is 19.5 Å². The Kier molecular flexibility index (Phi) is 5.42. The maximum absolute atomic E-state index is 11.9. The zero-order valence-corrected chi connectivity index (χ0v) is 21.0. The van der Waals surface area contributed by atoms with E-state index in [9.17, 15) is 9.90 Å². The predicted molar refractivity (Wildman–Crippen MR) is 145 cm³/mol. The number of para-hydroxylation sites is 1. The molecule has 1 aliphatic carbocycles. The second-order valence-electron chi connectivity index (χ2n) is 11.1. The van der Waals surface area contributed by atoms with Gasteiger partial charge in [-0.15, -0.1) is 0 Å². The summed E-state index contributed by atoms with van der Waals surface area (Å²) in [5.74, 6) is -0.308. The largest absolute Gasteiger partial charge is 0.478 e. The van der Waals surface area contributed by atoms with Crippen LogP contribution in [0.3, 0.4) is 0 Å². The van der Waals surface area contributed by atoms with Crippen molar-refractivity contribution in [3.8, 4) is 11.3 Å². The lowest BCUT2D eigenvalue weighted by molar-refractivity contribution is 0.0697. The summed E-state index contributed by atoms with van der Waals surface area (Å²) in [5.41, 5.74) is 8.46. The molecule has 2 fully saturated rings. The van der Waals surface area contributed by atoms with Gasteiger partial charge in [0.25, 0.3) is 0 Å². The Labute approximate surface area is 212 Å². The highest BCUT2D eigenvalue weighted by atomic mass is 16.4. The molecule has 5 nitrogen and oxygen atoms in total. The van der Waals surface area contributed by atoms with Gasteiger partial charge in [0, 0.05) is 47.7 Å². The van der Waals surface area contributed by atoms with Gasteiger partial charge >= 0.3 is 5.97 Å². The molecule has 0 bridgehead atoms.